The molecule has 1 saturated carbocycles. The van der Waals surface area contributed by atoms with Crippen LogP contribution in [0.1, 0.15) is 19.3 Å². The van der Waals surface area contributed by atoms with Gasteiger partial charge in [0, 0.05) is 24.5 Å². The van der Waals surface area contributed by atoms with E-state index in [-0.39, 0.29) is 5.91 Å². The highest BCUT2D eigenvalue weighted by atomic mass is 32.2. The number of nitrogens with zero attached hydrogens (tertiary/aromatic N) is 1. The van der Waals surface area contributed by atoms with Gasteiger partial charge in [0.25, 0.3) is 0 Å². The molecule has 2 rings (SSSR count). The van der Waals surface area contributed by atoms with Crippen LogP contribution >= 0.6 is 11.9 Å². The molecule has 0 radical (unpaired) electrons. The van der Waals surface area contributed by atoms with E-state index in [1.54, 1.807) is 0 Å². The molecular formula is C11H18N2OS. The van der Waals surface area contributed by atoms with Gasteiger partial charge < -0.3 is 5.32 Å². The Morgan fingerprint density at radius 1 is 1.73 bits per heavy atom. The summed E-state index contributed by atoms with van der Waals surface area (Å²) >= 11 is 1.82. The van der Waals surface area contributed by atoms with Crippen molar-refractivity contribution in [2.75, 3.05) is 19.3 Å². The number of carbonyl (C=O) groups excluding carboxylic acids is 1. The van der Waals surface area contributed by atoms with Gasteiger partial charge >= 0.3 is 0 Å². The Balaban J connectivity index is 1.88. The standard InChI is InChI=1S/C11H18N2OS/c1-3-10(14)12-9-7-11(9)5-4-6-13(8-11)15-2/h3,9H,1,4-8H2,2H3,(H,12,14)/t9?,11-/m0/s1. The molecule has 3 nitrogen and oxygen atoms in total. The van der Waals surface area contributed by atoms with E-state index >= 15 is 0 Å². The Bertz CT molecular complexity index is 282. The zero-order valence-corrected chi connectivity index (χ0v) is 9.98. The second-order valence-corrected chi connectivity index (χ2v) is 5.36. The summed E-state index contributed by atoms with van der Waals surface area (Å²) in [7, 11) is 0. The Morgan fingerprint density at radius 3 is 3.20 bits per heavy atom. The van der Waals surface area contributed by atoms with E-state index in [0.717, 1.165) is 13.0 Å². The van der Waals surface area contributed by atoms with Crippen LogP contribution in [-0.4, -0.2) is 35.6 Å². The Morgan fingerprint density at radius 2 is 2.53 bits per heavy atom. The predicted molar refractivity (Wildman–Crippen MR) is 63.5 cm³/mol. The van der Waals surface area contributed by atoms with E-state index in [2.05, 4.69) is 22.5 Å². The minimum atomic E-state index is -0.0295. The van der Waals surface area contributed by atoms with Gasteiger partial charge in [-0.15, -0.1) is 0 Å². The minimum absolute atomic E-state index is 0.0295. The van der Waals surface area contributed by atoms with Crippen LogP contribution in [-0.2, 0) is 4.79 Å². The Labute approximate surface area is 95.4 Å². The lowest BCUT2D eigenvalue weighted by molar-refractivity contribution is -0.116. The largest absolute Gasteiger partial charge is 0.349 e. The van der Waals surface area contributed by atoms with E-state index in [9.17, 15) is 4.79 Å². The van der Waals surface area contributed by atoms with E-state index in [4.69, 9.17) is 0 Å². The quantitative estimate of drug-likeness (QED) is 0.583. The lowest BCUT2D eigenvalue weighted by atomic mass is 9.95. The third-order valence-corrected chi connectivity index (χ3v) is 4.35. The molecule has 0 bridgehead atoms. The van der Waals surface area contributed by atoms with Crippen LogP contribution in [0.4, 0.5) is 0 Å². The number of piperidine rings is 1. The van der Waals surface area contributed by atoms with Crippen molar-refractivity contribution in [3.05, 3.63) is 12.7 Å². The van der Waals surface area contributed by atoms with E-state index < -0.39 is 0 Å². The maximum Gasteiger partial charge on any atom is 0.243 e. The van der Waals surface area contributed by atoms with Crippen molar-refractivity contribution in [1.82, 2.24) is 9.62 Å². The van der Waals surface area contributed by atoms with Crippen molar-refractivity contribution < 1.29 is 4.79 Å². The Hall–Kier alpha value is -0.480. The first-order valence-electron chi connectivity index (χ1n) is 5.42. The van der Waals surface area contributed by atoms with Gasteiger partial charge in [-0.3, -0.25) is 9.10 Å². The molecule has 0 aromatic heterocycles. The lowest BCUT2D eigenvalue weighted by Gasteiger charge is -2.31. The highest BCUT2D eigenvalue weighted by Crippen LogP contribution is 2.53. The fourth-order valence-corrected chi connectivity index (χ4v) is 3.20. The van der Waals surface area contributed by atoms with Crippen molar-refractivity contribution in [3.8, 4) is 0 Å². The molecule has 1 N–H and O–H groups in total. The summed E-state index contributed by atoms with van der Waals surface area (Å²) < 4.78 is 2.41. The van der Waals surface area contributed by atoms with Crippen molar-refractivity contribution in [2.45, 2.75) is 25.3 Å². The van der Waals surface area contributed by atoms with Crippen LogP contribution in [0, 0.1) is 5.41 Å². The summed E-state index contributed by atoms with van der Waals surface area (Å²) in [5.74, 6) is -0.0295. The molecule has 1 heterocycles. The van der Waals surface area contributed by atoms with Crippen LogP contribution in [0.5, 0.6) is 0 Å². The average Bonchev–Trinajstić information content (AvgIpc) is 2.90. The van der Waals surface area contributed by atoms with Crippen LogP contribution in [0.15, 0.2) is 12.7 Å². The maximum atomic E-state index is 11.2. The van der Waals surface area contributed by atoms with Crippen molar-refractivity contribution >= 4 is 17.9 Å². The van der Waals surface area contributed by atoms with Crippen LogP contribution in [0.3, 0.4) is 0 Å². The molecule has 1 amide bonds. The summed E-state index contributed by atoms with van der Waals surface area (Å²) in [5, 5.41) is 3.02. The number of nitrogens with one attached hydrogen (secondary N) is 1. The maximum absolute atomic E-state index is 11.2. The molecule has 2 aliphatic rings. The normalized spacial score (nSPS) is 35.1. The molecule has 4 heteroatoms. The van der Waals surface area contributed by atoms with Gasteiger partial charge in [-0.2, -0.15) is 0 Å². The highest BCUT2D eigenvalue weighted by Gasteiger charge is 2.56. The molecule has 15 heavy (non-hydrogen) atoms. The van der Waals surface area contributed by atoms with Crippen LogP contribution < -0.4 is 5.32 Å². The van der Waals surface area contributed by atoms with Gasteiger partial charge in [0.2, 0.25) is 5.91 Å². The number of rotatable bonds is 3. The zero-order valence-electron chi connectivity index (χ0n) is 9.16. The van der Waals surface area contributed by atoms with E-state index in [0.29, 0.717) is 11.5 Å². The number of carbonyl (C=O) groups is 1. The molecule has 1 saturated heterocycles. The molecule has 1 aliphatic heterocycles. The second-order valence-electron chi connectivity index (χ2n) is 4.48. The smallest absolute Gasteiger partial charge is 0.243 e. The van der Waals surface area contributed by atoms with Gasteiger partial charge in [0.15, 0.2) is 0 Å². The molecule has 1 aliphatic carbocycles. The topological polar surface area (TPSA) is 32.3 Å². The van der Waals surface area contributed by atoms with Gasteiger partial charge in [0.05, 0.1) is 0 Å². The summed E-state index contributed by atoms with van der Waals surface area (Å²) in [6.07, 6.45) is 7.14. The summed E-state index contributed by atoms with van der Waals surface area (Å²) in [5.41, 5.74) is 0.375. The number of amides is 1. The summed E-state index contributed by atoms with van der Waals surface area (Å²) in [6.45, 7) is 5.79. The van der Waals surface area contributed by atoms with Crippen molar-refractivity contribution in [3.63, 3.8) is 0 Å². The minimum Gasteiger partial charge on any atom is -0.349 e. The molecule has 0 aromatic rings. The van der Waals surface area contributed by atoms with Crippen LogP contribution in [0.2, 0.25) is 0 Å². The number of hydrogen-bond acceptors (Lipinski definition) is 3. The van der Waals surface area contributed by atoms with Gasteiger partial charge in [-0.1, -0.05) is 18.5 Å². The van der Waals surface area contributed by atoms with Gasteiger partial charge in [0.1, 0.15) is 0 Å². The van der Waals surface area contributed by atoms with Crippen molar-refractivity contribution in [1.29, 1.82) is 0 Å². The molecular weight excluding hydrogens is 208 g/mol. The first-order chi connectivity index (χ1) is 7.20. The molecule has 84 valence electrons. The van der Waals surface area contributed by atoms with E-state index in [1.807, 2.05) is 11.9 Å². The highest BCUT2D eigenvalue weighted by molar-refractivity contribution is 7.96. The fourth-order valence-electron chi connectivity index (χ4n) is 2.51. The fraction of sp³-hybridized carbons (Fsp3) is 0.727. The second kappa shape index (κ2) is 4.18. The lowest BCUT2D eigenvalue weighted by Crippen LogP contribution is -2.37. The van der Waals surface area contributed by atoms with E-state index in [1.165, 1.54) is 25.5 Å². The zero-order chi connectivity index (χ0) is 10.9. The summed E-state index contributed by atoms with van der Waals surface area (Å²) in [6, 6.07) is 0.387. The summed E-state index contributed by atoms with van der Waals surface area (Å²) in [4.78, 5) is 11.2. The van der Waals surface area contributed by atoms with Crippen molar-refractivity contribution in [2.24, 2.45) is 5.41 Å². The monoisotopic (exact) mass is 226 g/mol. The third-order valence-electron chi connectivity index (χ3n) is 3.52. The number of hydrogen-bond donors (Lipinski definition) is 1. The van der Waals surface area contributed by atoms with Crippen LogP contribution in [0.25, 0.3) is 0 Å². The third kappa shape index (κ3) is 2.21. The average molecular weight is 226 g/mol. The molecule has 2 fully saturated rings. The SMILES string of the molecule is C=CC(=O)NC1C[C@]12CCCN(SC)C2. The molecule has 1 spiro atoms. The van der Waals surface area contributed by atoms with Gasteiger partial charge in [-0.25, -0.2) is 0 Å². The molecule has 2 atom stereocenters. The predicted octanol–water partition coefficient (Wildman–Crippen LogP) is 1.42. The Kier molecular flexibility index (Phi) is 3.07. The first-order valence-corrected chi connectivity index (χ1v) is 6.60. The van der Waals surface area contributed by atoms with Gasteiger partial charge in [-0.05, 0) is 31.6 Å². The molecule has 0 aromatic carbocycles. The first kappa shape index (κ1) is 11.0. The molecule has 1 unspecified atom stereocenters.